The maximum Gasteiger partial charge on any atom is -0.0383 e. The molecule has 13 heavy (non-hydrogen) atoms. The van der Waals surface area contributed by atoms with Crippen molar-refractivity contribution in [3.05, 3.63) is 0 Å². The van der Waals surface area contributed by atoms with Gasteiger partial charge in [-0.1, -0.05) is 59.3 Å². The third-order valence-electron chi connectivity index (χ3n) is 3.83. The molecule has 0 aliphatic heterocycles. The van der Waals surface area contributed by atoms with Crippen LogP contribution in [-0.4, -0.2) is 0 Å². The molecule has 1 aliphatic carbocycles. The predicted octanol–water partition coefficient (Wildman–Crippen LogP) is 4.64. The van der Waals surface area contributed by atoms with Crippen molar-refractivity contribution in [3.8, 4) is 0 Å². The van der Waals surface area contributed by atoms with Crippen LogP contribution in [0.1, 0.15) is 65.7 Å². The molecule has 1 saturated carbocycles. The van der Waals surface area contributed by atoms with Gasteiger partial charge in [-0.15, -0.1) is 0 Å². The lowest BCUT2D eigenvalue weighted by molar-refractivity contribution is 0.190. The SMILES string of the molecule is CCCC(CC)C1CCCC(C)C1. The van der Waals surface area contributed by atoms with E-state index in [4.69, 9.17) is 0 Å². The summed E-state index contributed by atoms with van der Waals surface area (Å²) in [4.78, 5) is 0. The highest BCUT2D eigenvalue weighted by Gasteiger charge is 2.24. The van der Waals surface area contributed by atoms with E-state index < -0.39 is 0 Å². The molecule has 0 nitrogen and oxygen atoms in total. The number of hydrogen-bond acceptors (Lipinski definition) is 0. The van der Waals surface area contributed by atoms with Gasteiger partial charge in [0.25, 0.3) is 0 Å². The zero-order valence-electron chi connectivity index (χ0n) is 9.68. The summed E-state index contributed by atoms with van der Waals surface area (Å²) in [6.45, 7) is 7.14. The smallest absolute Gasteiger partial charge is 0.0383 e. The lowest BCUT2D eigenvalue weighted by Crippen LogP contribution is -2.21. The molecule has 78 valence electrons. The molecule has 0 bridgehead atoms. The molecule has 3 atom stereocenters. The standard InChI is InChI=1S/C13H26/c1-4-7-12(5-2)13-9-6-8-11(3)10-13/h11-13H,4-10H2,1-3H3. The Morgan fingerprint density at radius 2 is 2.00 bits per heavy atom. The van der Waals surface area contributed by atoms with Gasteiger partial charge in [-0.2, -0.15) is 0 Å². The fraction of sp³-hybridized carbons (Fsp3) is 1.00. The van der Waals surface area contributed by atoms with E-state index in [0.717, 1.165) is 17.8 Å². The van der Waals surface area contributed by atoms with Crippen LogP contribution in [0, 0.1) is 17.8 Å². The Bertz CT molecular complexity index is 128. The summed E-state index contributed by atoms with van der Waals surface area (Å²) in [6.07, 6.45) is 10.3. The molecular weight excluding hydrogens is 156 g/mol. The average Bonchev–Trinajstić information content (AvgIpc) is 2.14. The van der Waals surface area contributed by atoms with Gasteiger partial charge in [-0.25, -0.2) is 0 Å². The first-order valence-electron chi connectivity index (χ1n) is 6.27. The monoisotopic (exact) mass is 182 g/mol. The minimum absolute atomic E-state index is 1.00. The van der Waals surface area contributed by atoms with E-state index in [1.54, 1.807) is 0 Å². The Balaban J connectivity index is 2.37. The van der Waals surface area contributed by atoms with Gasteiger partial charge in [0.1, 0.15) is 0 Å². The predicted molar refractivity (Wildman–Crippen MR) is 59.8 cm³/mol. The van der Waals surface area contributed by atoms with Crippen LogP contribution >= 0.6 is 0 Å². The number of hydrogen-bond donors (Lipinski definition) is 0. The zero-order valence-corrected chi connectivity index (χ0v) is 9.68. The van der Waals surface area contributed by atoms with Crippen molar-refractivity contribution in [1.82, 2.24) is 0 Å². The van der Waals surface area contributed by atoms with Crippen molar-refractivity contribution in [2.45, 2.75) is 65.7 Å². The molecule has 0 saturated heterocycles. The first-order valence-corrected chi connectivity index (χ1v) is 6.27. The van der Waals surface area contributed by atoms with Gasteiger partial charge in [0.05, 0.1) is 0 Å². The van der Waals surface area contributed by atoms with Crippen molar-refractivity contribution < 1.29 is 0 Å². The van der Waals surface area contributed by atoms with Crippen LogP contribution in [0.25, 0.3) is 0 Å². The molecule has 1 fully saturated rings. The van der Waals surface area contributed by atoms with Crippen LogP contribution in [-0.2, 0) is 0 Å². The summed E-state index contributed by atoms with van der Waals surface area (Å²) in [5.74, 6) is 3.10. The van der Waals surface area contributed by atoms with E-state index >= 15 is 0 Å². The average molecular weight is 182 g/mol. The Kier molecular flexibility index (Phi) is 4.83. The van der Waals surface area contributed by atoms with Crippen LogP contribution in [0.2, 0.25) is 0 Å². The summed E-state index contributed by atoms with van der Waals surface area (Å²) in [5.41, 5.74) is 0. The second-order valence-electron chi connectivity index (χ2n) is 4.99. The highest BCUT2D eigenvalue weighted by Crippen LogP contribution is 2.36. The Labute approximate surface area is 84.1 Å². The Morgan fingerprint density at radius 3 is 2.54 bits per heavy atom. The van der Waals surface area contributed by atoms with Crippen molar-refractivity contribution in [2.24, 2.45) is 17.8 Å². The van der Waals surface area contributed by atoms with Crippen LogP contribution in [0.4, 0.5) is 0 Å². The Hall–Kier alpha value is 0. The third kappa shape index (κ3) is 3.32. The van der Waals surface area contributed by atoms with Gasteiger partial charge < -0.3 is 0 Å². The molecule has 0 aromatic carbocycles. The van der Waals surface area contributed by atoms with Gasteiger partial charge >= 0.3 is 0 Å². The molecular formula is C13H26. The molecule has 1 aliphatic rings. The fourth-order valence-corrected chi connectivity index (χ4v) is 3.05. The van der Waals surface area contributed by atoms with Crippen molar-refractivity contribution >= 4 is 0 Å². The topological polar surface area (TPSA) is 0 Å². The van der Waals surface area contributed by atoms with E-state index in [9.17, 15) is 0 Å². The van der Waals surface area contributed by atoms with E-state index in [0.29, 0.717) is 0 Å². The largest absolute Gasteiger partial charge is 0.0654 e. The van der Waals surface area contributed by atoms with Gasteiger partial charge in [-0.3, -0.25) is 0 Å². The normalized spacial score (nSPS) is 31.6. The molecule has 0 aromatic rings. The minimum Gasteiger partial charge on any atom is -0.0654 e. The summed E-state index contributed by atoms with van der Waals surface area (Å²) >= 11 is 0. The van der Waals surface area contributed by atoms with Crippen molar-refractivity contribution in [2.75, 3.05) is 0 Å². The lowest BCUT2D eigenvalue weighted by Gasteiger charge is -2.32. The van der Waals surface area contributed by atoms with Crippen LogP contribution in [0.15, 0.2) is 0 Å². The van der Waals surface area contributed by atoms with Crippen LogP contribution < -0.4 is 0 Å². The summed E-state index contributed by atoms with van der Waals surface area (Å²) in [5, 5.41) is 0. The van der Waals surface area contributed by atoms with Crippen molar-refractivity contribution in [1.29, 1.82) is 0 Å². The van der Waals surface area contributed by atoms with E-state index in [2.05, 4.69) is 20.8 Å². The fourth-order valence-electron chi connectivity index (χ4n) is 3.05. The molecule has 0 heteroatoms. The summed E-state index contributed by atoms with van der Waals surface area (Å²) in [6, 6.07) is 0. The van der Waals surface area contributed by atoms with Crippen LogP contribution in [0.5, 0.6) is 0 Å². The Morgan fingerprint density at radius 1 is 1.23 bits per heavy atom. The molecule has 0 heterocycles. The third-order valence-corrected chi connectivity index (χ3v) is 3.83. The van der Waals surface area contributed by atoms with E-state index in [1.165, 1.54) is 44.9 Å². The van der Waals surface area contributed by atoms with Gasteiger partial charge in [-0.05, 0) is 24.2 Å². The maximum absolute atomic E-state index is 2.44. The minimum atomic E-state index is 1.00. The van der Waals surface area contributed by atoms with Gasteiger partial charge in [0.2, 0.25) is 0 Å². The lowest BCUT2D eigenvalue weighted by atomic mass is 9.73. The second-order valence-corrected chi connectivity index (χ2v) is 4.99. The molecule has 0 radical (unpaired) electrons. The van der Waals surface area contributed by atoms with Crippen LogP contribution in [0.3, 0.4) is 0 Å². The molecule has 1 rings (SSSR count). The van der Waals surface area contributed by atoms with Gasteiger partial charge in [0.15, 0.2) is 0 Å². The highest BCUT2D eigenvalue weighted by molar-refractivity contribution is 4.76. The summed E-state index contributed by atoms with van der Waals surface area (Å²) in [7, 11) is 0. The molecule has 0 N–H and O–H groups in total. The van der Waals surface area contributed by atoms with E-state index in [-0.39, 0.29) is 0 Å². The summed E-state index contributed by atoms with van der Waals surface area (Å²) < 4.78 is 0. The maximum atomic E-state index is 2.44. The molecule has 0 aromatic heterocycles. The van der Waals surface area contributed by atoms with Gasteiger partial charge in [0, 0.05) is 0 Å². The van der Waals surface area contributed by atoms with E-state index in [1.807, 2.05) is 0 Å². The first-order chi connectivity index (χ1) is 6.27. The zero-order chi connectivity index (χ0) is 9.68. The second kappa shape index (κ2) is 5.67. The highest BCUT2D eigenvalue weighted by atomic mass is 14.3. The first kappa shape index (κ1) is 11.1. The molecule has 3 unspecified atom stereocenters. The quantitative estimate of drug-likeness (QED) is 0.594. The van der Waals surface area contributed by atoms with Crippen molar-refractivity contribution in [3.63, 3.8) is 0 Å². The molecule has 0 spiro atoms. The number of rotatable bonds is 4. The molecule has 0 amide bonds.